The van der Waals surface area contributed by atoms with Crippen LogP contribution in [-0.2, 0) is 0 Å². The number of nitrogens with zero attached hydrogens (tertiary/aromatic N) is 1. The minimum Gasteiger partial charge on any atom is -0.491 e. The van der Waals surface area contributed by atoms with E-state index in [9.17, 15) is 0 Å². The number of rotatable bonds is 4. The van der Waals surface area contributed by atoms with Gasteiger partial charge in [0.25, 0.3) is 5.88 Å². The van der Waals surface area contributed by atoms with E-state index in [0.29, 0.717) is 11.6 Å². The van der Waals surface area contributed by atoms with E-state index in [2.05, 4.69) is 51.2 Å². The van der Waals surface area contributed by atoms with Crippen molar-refractivity contribution in [2.45, 2.75) is 0 Å². The van der Waals surface area contributed by atoms with Crippen LogP contribution in [0.3, 0.4) is 0 Å². The van der Waals surface area contributed by atoms with Gasteiger partial charge in [0.2, 0.25) is 0 Å². The molecule has 1 aromatic heterocycles. The first-order valence-corrected chi connectivity index (χ1v) is 7.96. The Morgan fingerprint density at radius 1 is 0.783 bits per heavy atom. The zero-order valence-corrected chi connectivity index (χ0v) is 14.5. The Balaban J connectivity index is 2.09. The fourth-order valence-corrected chi connectivity index (χ4v) is 2.95. The number of hydrogen-bond acceptors (Lipinski definition) is 3. The summed E-state index contributed by atoms with van der Waals surface area (Å²) in [6, 6.07) is 20.6. The van der Waals surface area contributed by atoms with Gasteiger partial charge >= 0.3 is 0 Å². The van der Waals surface area contributed by atoms with Gasteiger partial charge in [-0.15, -0.1) is 0 Å². The summed E-state index contributed by atoms with van der Waals surface area (Å²) >= 11 is 3.52. The second-order valence-electron chi connectivity index (χ2n) is 4.99. The Morgan fingerprint density at radius 2 is 1.48 bits per heavy atom. The number of methoxy groups -OCH3 is 2. The highest BCUT2D eigenvalue weighted by Gasteiger charge is 2.13. The summed E-state index contributed by atoms with van der Waals surface area (Å²) in [5.41, 5.74) is 4.36. The van der Waals surface area contributed by atoms with Crippen LogP contribution in [0.25, 0.3) is 22.3 Å². The molecule has 0 bridgehead atoms. The number of benzene rings is 2. The molecule has 0 radical (unpaired) electrons. The third-order valence-corrected chi connectivity index (χ3v) is 4.21. The molecule has 0 spiro atoms. The Kier molecular flexibility index (Phi) is 4.63. The third-order valence-electron chi connectivity index (χ3n) is 3.60. The topological polar surface area (TPSA) is 31.4 Å². The van der Waals surface area contributed by atoms with Crippen molar-refractivity contribution in [1.29, 1.82) is 0 Å². The molecule has 4 heteroatoms. The molecule has 3 aromatic rings. The summed E-state index contributed by atoms with van der Waals surface area (Å²) in [6.45, 7) is 0. The third kappa shape index (κ3) is 3.22. The largest absolute Gasteiger partial charge is 0.491 e. The van der Waals surface area contributed by atoms with E-state index in [1.807, 2.05) is 30.3 Å². The standard InChI is InChI=1S/C19H16BrNO2/c1-22-17-12-16(18(20)21-19(17)23-2)15-10-6-9-14(11-15)13-7-4-3-5-8-13/h3-12H,1-2H3. The van der Waals surface area contributed by atoms with Crippen molar-refractivity contribution in [3.8, 4) is 33.9 Å². The number of halogens is 1. The Labute approximate surface area is 144 Å². The van der Waals surface area contributed by atoms with Crippen LogP contribution < -0.4 is 9.47 Å². The summed E-state index contributed by atoms with van der Waals surface area (Å²) < 4.78 is 11.3. The summed E-state index contributed by atoms with van der Waals surface area (Å²) in [5.74, 6) is 1.07. The molecule has 23 heavy (non-hydrogen) atoms. The van der Waals surface area contributed by atoms with Crippen LogP contribution in [0.4, 0.5) is 0 Å². The first-order valence-electron chi connectivity index (χ1n) is 7.17. The zero-order valence-electron chi connectivity index (χ0n) is 12.9. The van der Waals surface area contributed by atoms with E-state index >= 15 is 0 Å². The molecule has 3 rings (SSSR count). The predicted molar refractivity (Wildman–Crippen MR) is 95.9 cm³/mol. The number of aromatic nitrogens is 1. The Hall–Kier alpha value is -2.33. The van der Waals surface area contributed by atoms with Gasteiger partial charge in [-0.2, -0.15) is 0 Å². The minimum atomic E-state index is 0.460. The molecule has 116 valence electrons. The lowest BCUT2D eigenvalue weighted by molar-refractivity contribution is 0.342. The van der Waals surface area contributed by atoms with Crippen LogP contribution in [0.2, 0.25) is 0 Å². The van der Waals surface area contributed by atoms with Gasteiger partial charge in [-0.1, -0.05) is 48.5 Å². The van der Waals surface area contributed by atoms with Crippen molar-refractivity contribution in [1.82, 2.24) is 4.98 Å². The van der Waals surface area contributed by atoms with Crippen LogP contribution in [0.1, 0.15) is 0 Å². The quantitative estimate of drug-likeness (QED) is 0.592. The van der Waals surface area contributed by atoms with Gasteiger partial charge in [0, 0.05) is 5.56 Å². The van der Waals surface area contributed by atoms with Crippen molar-refractivity contribution in [2.75, 3.05) is 14.2 Å². The van der Waals surface area contributed by atoms with Gasteiger partial charge in [0.1, 0.15) is 4.60 Å². The maximum absolute atomic E-state index is 5.36. The monoisotopic (exact) mass is 369 g/mol. The average molecular weight is 370 g/mol. The number of ether oxygens (including phenoxy) is 2. The highest BCUT2D eigenvalue weighted by molar-refractivity contribution is 9.10. The highest BCUT2D eigenvalue weighted by atomic mass is 79.9. The fraction of sp³-hybridized carbons (Fsp3) is 0.105. The molecule has 0 atom stereocenters. The molecule has 1 heterocycles. The molecule has 2 aromatic carbocycles. The molecule has 3 nitrogen and oxygen atoms in total. The summed E-state index contributed by atoms with van der Waals surface area (Å²) in [5, 5.41) is 0. The van der Waals surface area contributed by atoms with Gasteiger partial charge in [-0.3, -0.25) is 0 Å². The van der Waals surface area contributed by atoms with Crippen LogP contribution in [0.5, 0.6) is 11.6 Å². The summed E-state index contributed by atoms with van der Waals surface area (Å²) in [6.07, 6.45) is 0. The first kappa shape index (κ1) is 15.6. The van der Waals surface area contributed by atoms with Gasteiger partial charge in [0.15, 0.2) is 5.75 Å². The summed E-state index contributed by atoms with van der Waals surface area (Å²) in [7, 11) is 3.19. The fourth-order valence-electron chi connectivity index (χ4n) is 2.45. The van der Waals surface area contributed by atoms with E-state index in [1.54, 1.807) is 14.2 Å². The van der Waals surface area contributed by atoms with Crippen molar-refractivity contribution in [2.24, 2.45) is 0 Å². The SMILES string of the molecule is COc1cc(-c2cccc(-c3ccccc3)c2)c(Br)nc1OC. The molecule has 0 N–H and O–H groups in total. The molecule has 0 saturated carbocycles. The smallest absolute Gasteiger partial charge is 0.257 e. The van der Waals surface area contributed by atoms with E-state index in [4.69, 9.17) is 9.47 Å². The molecule has 0 amide bonds. The summed E-state index contributed by atoms with van der Waals surface area (Å²) in [4.78, 5) is 4.41. The normalized spacial score (nSPS) is 10.4. The van der Waals surface area contributed by atoms with E-state index in [-0.39, 0.29) is 0 Å². The second kappa shape index (κ2) is 6.84. The molecule has 0 unspecified atom stereocenters. The number of hydrogen-bond donors (Lipinski definition) is 0. The van der Waals surface area contributed by atoms with Crippen molar-refractivity contribution in [3.63, 3.8) is 0 Å². The van der Waals surface area contributed by atoms with Crippen LogP contribution in [-0.4, -0.2) is 19.2 Å². The van der Waals surface area contributed by atoms with Gasteiger partial charge in [-0.05, 0) is 44.8 Å². The Morgan fingerprint density at radius 3 is 2.17 bits per heavy atom. The molecule has 0 aliphatic rings. The lowest BCUT2D eigenvalue weighted by atomic mass is 10.00. The number of pyridine rings is 1. The van der Waals surface area contributed by atoms with Crippen molar-refractivity contribution >= 4 is 15.9 Å². The Bertz CT molecular complexity index is 819. The van der Waals surface area contributed by atoms with E-state index in [1.165, 1.54) is 5.56 Å². The zero-order chi connectivity index (χ0) is 16.2. The molecular formula is C19H16BrNO2. The molecule has 0 aliphatic heterocycles. The van der Waals surface area contributed by atoms with Gasteiger partial charge in [0.05, 0.1) is 14.2 Å². The van der Waals surface area contributed by atoms with E-state index in [0.717, 1.165) is 21.3 Å². The molecule has 0 fully saturated rings. The van der Waals surface area contributed by atoms with Crippen LogP contribution in [0.15, 0.2) is 65.3 Å². The lowest BCUT2D eigenvalue weighted by Crippen LogP contribution is -1.95. The maximum atomic E-state index is 5.36. The van der Waals surface area contributed by atoms with Crippen molar-refractivity contribution in [3.05, 3.63) is 65.3 Å². The highest BCUT2D eigenvalue weighted by Crippen LogP contribution is 2.36. The van der Waals surface area contributed by atoms with Gasteiger partial charge in [-0.25, -0.2) is 4.98 Å². The molecule has 0 aliphatic carbocycles. The van der Waals surface area contributed by atoms with E-state index < -0.39 is 0 Å². The maximum Gasteiger partial charge on any atom is 0.257 e. The first-order chi connectivity index (χ1) is 11.2. The van der Waals surface area contributed by atoms with Crippen molar-refractivity contribution < 1.29 is 9.47 Å². The second-order valence-corrected chi connectivity index (χ2v) is 5.74. The minimum absolute atomic E-state index is 0.460. The molecular weight excluding hydrogens is 354 g/mol. The van der Waals surface area contributed by atoms with Gasteiger partial charge < -0.3 is 9.47 Å². The predicted octanol–water partition coefficient (Wildman–Crippen LogP) is 5.20. The average Bonchev–Trinajstić information content (AvgIpc) is 2.62. The molecule has 0 saturated heterocycles. The van der Waals surface area contributed by atoms with Crippen LogP contribution in [0, 0.1) is 0 Å². The van der Waals surface area contributed by atoms with Crippen LogP contribution >= 0.6 is 15.9 Å². The lowest BCUT2D eigenvalue weighted by Gasteiger charge is -2.12.